The standard InChI is InChI=1S/C7H8BrN3O2S/c8-4-2-14-6(11-7(10)13)3(4)1-5(9)12/h2H,1H2,(H2,9,12)(H3,10,11,13). The third kappa shape index (κ3) is 2.71. The molecular weight excluding hydrogens is 270 g/mol. The van der Waals surface area contributed by atoms with Crippen LogP contribution in [0.2, 0.25) is 0 Å². The van der Waals surface area contributed by atoms with Gasteiger partial charge in [-0.2, -0.15) is 0 Å². The van der Waals surface area contributed by atoms with E-state index in [1.54, 1.807) is 5.38 Å². The zero-order valence-electron chi connectivity index (χ0n) is 7.04. The van der Waals surface area contributed by atoms with E-state index >= 15 is 0 Å². The predicted octanol–water partition coefficient (Wildman–Crippen LogP) is 1.03. The van der Waals surface area contributed by atoms with E-state index in [0.29, 0.717) is 10.6 Å². The molecule has 5 N–H and O–H groups in total. The molecule has 1 heterocycles. The van der Waals surface area contributed by atoms with Gasteiger partial charge in [0.05, 0.1) is 6.42 Å². The summed E-state index contributed by atoms with van der Waals surface area (Å²) in [5.74, 6) is -0.461. The highest BCUT2D eigenvalue weighted by molar-refractivity contribution is 9.10. The fraction of sp³-hybridized carbons (Fsp3) is 0.143. The lowest BCUT2D eigenvalue weighted by Gasteiger charge is -2.02. The Hall–Kier alpha value is -1.08. The highest BCUT2D eigenvalue weighted by Crippen LogP contribution is 2.32. The number of primary amides is 2. The molecule has 14 heavy (non-hydrogen) atoms. The summed E-state index contributed by atoms with van der Waals surface area (Å²) in [6.07, 6.45) is 0.0691. The molecule has 0 saturated heterocycles. The van der Waals surface area contributed by atoms with Crippen LogP contribution in [0.4, 0.5) is 9.80 Å². The molecule has 3 amide bonds. The van der Waals surface area contributed by atoms with Gasteiger partial charge in [-0.15, -0.1) is 11.3 Å². The average Bonchev–Trinajstić information content (AvgIpc) is 2.34. The molecule has 1 rings (SSSR count). The Morgan fingerprint density at radius 2 is 2.14 bits per heavy atom. The molecule has 0 spiro atoms. The summed E-state index contributed by atoms with van der Waals surface area (Å²) in [6.45, 7) is 0. The molecule has 1 aromatic rings. The van der Waals surface area contributed by atoms with E-state index in [4.69, 9.17) is 11.5 Å². The van der Waals surface area contributed by atoms with Gasteiger partial charge in [-0.1, -0.05) is 0 Å². The Morgan fingerprint density at radius 1 is 1.50 bits per heavy atom. The van der Waals surface area contributed by atoms with Gasteiger partial charge in [-0.05, 0) is 15.9 Å². The number of rotatable bonds is 3. The maximum absolute atomic E-state index is 10.7. The maximum atomic E-state index is 10.7. The summed E-state index contributed by atoms with van der Waals surface area (Å²) in [5.41, 5.74) is 10.7. The Balaban J connectivity index is 2.93. The maximum Gasteiger partial charge on any atom is 0.317 e. The van der Waals surface area contributed by atoms with Crippen LogP contribution in [-0.2, 0) is 11.2 Å². The second-order valence-electron chi connectivity index (χ2n) is 2.52. The van der Waals surface area contributed by atoms with Gasteiger partial charge >= 0.3 is 6.03 Å². The van der Waals surface area contributed by atoms with E-state index in [2.05, 4.69) is 21.2 Å². The van der Waals surface area contributed by atoms with Crippen LogP contribution in [0.5, 0.6) is 0 Å². The van der Waals surface area contributed by atoms with Crippen LogP contribution in [-0.4, -0.2) is 11.9 Å². The van der Waals surface area contributed by atoms with E-state index in [1.165, 1.54) is 11.3 Å². The Kier molecular flexibility index (Phi) is 3.48. The van der Waals surface area contributed by atoms with E-state index < -0.39 is 11.9 Å². The highest BCUT2D eigenvalue weighted by Gasteiger charge is 2.13. The summed E-state index contributed by atoms with van der Waals surface area (Å²) >= 11 is 4.53. The van der Waals surface area contributed by atoms with Gasteiger partial charge in [0.1, 0.15) is 5.00 Å². The van der Waals surface area contributed by atoms with Crippen molar-refractivity contribution in [2.24, 2.45) is 11.5 Å². The van der Waals surface area contributed by atoms with Crippen LogP contribution in [0.3, 0.4) is 0 Å². The molecule has 0 aliphatic rings. The number of hydrogen-bond donors (Lipinski definition) is 3. The second-order valence-corrected chi connectivity index (χ2v) is 4.26. The van der Waals surface area contributed by atoms with Crippen LogP contribution in [0, 0.1) is 0 Å². The van der Waals surface area contributed by atoms with Gasteiger partial charge < -0.3 is 11.5 Å². The lowest BCUT2D eigenvalue weighted by Crippen LogP contribution is -2.20. The van der Waals surface area contributed by atoms with Crippen molar-refractivity contribution < 1.29 is 9.59 Å². The van der Waals surface area contributed by atoms with Crippen molar-refractivity contribution in [3.05, 3.63) is 15.4 Å². The first-order chi connectivity index (χ1) is 6.50. The topological polar surface area (TPSA) is 98.2 Å². The minimum Gasteiger partial charge on any atom is -0.369 e. The minimum absolute atomic E-state index is 0.0691. The van der Waals surface area contributed by atoms with Crippen LogP contribution in [0.1, 0.15) is 5.56 Å². The molecule has 1 aromatic heterocycles. The number of halogens is 1. The van der Waals surface area contributed by atoms with Crippen molar-refractivity contribution in [2.45, 2.75) is 6.42 Å². The summed E-state index contributed by atoms with van der Waals surface area (Å²) in [5, 5.41) is 4.72. The number of hydrogen-bond acceptors (Lipinski definition) is 3. The SMILES string of the molecule is NC(=O)Cc1c(Br)csc1NC(N)=O. The first kappa shape index (κ1) is 11.0. The summed E-state index contributed by atoms with van der Waals surface area (Å²) in [4.78, 5) is 21.3. The molecule has 0 aliphatic heterocycles. The highest BCUT2D eigenvalue weighted by atomic mass is 79.9. The normalized spacial score (nSPS) is 9.79. The Labute approximate surface area is 92.6 Å². The molecule has 0 radical (unpaired) electrons. The van der Waals surface area contributed by atoms with Crippen molar-refractivity contribution in [3.8, 4) is 0 Å². The molecule has 5 nitrogen and oxygen atoms in total. The Morgan fingerprint density at radius 3 is 2.64 bits per heavy atom. The summed E-state index contributed by atoms with van der Waals surface area (Å²) < 4.78 is 0.741. The number of anilines is 1. The van der Waals surface area contributed by atoms with Crippen molar-refractivity contribution in [3.63, 3.8) is 0 Å². The molecule has 0 aromatic carbocycles. The molecule has 0 unspecified atom stereocenters. The molecule has 0 saturated carbocycles. The third-order valence-electron chi connectivity index (χ3n) is 1.43. The van der Waals surface area contributed by atoms with E-state index in [1.807, 2.05) is 0 Å². The van der Waals surface area contributed by atoms with Crippen molar-refractivity contribution >= 4 is 44.2 Å². The van der Waals surface area contributed by atoms with Gasteiger partial charge in [-0.25, -0.2) is 4.79 Å². The molecule has 0 fully saturated rings. The third-order valence-corrected chi connectivity index (χ3v) is 3.38. The average molecular weight is 278 g/mol. The first-order valence-electron chi connectivity index (χ1n) is 3.61. The molecular formula is C7H8BrN3O2S. The molecule has 7 heteroatoms. The molecule has 76 valence electrons. The quantitative estimate of drug-likeness (QED) is 0.769. The smallest absolute Gasteiger partial charge is 0.317 e. The monoisotopic (exact) mass is 277 g/mol. The lowest BCUT2D eigenvalue weighted by atomic mass is 10.2. The molecule has 0 atom stereocenters. The van der Waals surface area contributed by atoms with Crippen LogP contribution in [0.15, 0.2) is 9.85 Å². The minimum atomic E-state index is -0.662. The van der Waals surface area contributed by atoms with Gasteiger partial charge in [0.15, 0.2) is 0 Å². The number of amides is 3. The van der Waals surface area contributed by atoms with Gasteiger partial charge in [-0.3, -0.25) is 10.1 Å². The number of carbonyl (C=O) groups excluding carboxylic acids is 2. The first-order valence-corrected chi connectivity index (χ1v) is 5.28. The fourth-order valence-corrected chi connectivity index (χ4v) is 2.51. The van der Waals surface area contributed by atoms with Crippen molar-refractivity contribution in [1.82, 2.24) is 0 Å². The summed E-state index contributed by atoms with van der Waals surface area (Å²) in [7, 11) is 0. The van der Waals surface area contributed by atoms with Crippen molar-refractivity contribution in [2.75, 3.05) is 5.32 Å². The zero-order valence-corrected chi connectivity index (χ0v) is 9.44. The van der Waals surface area contributed by atoms with Gasteiger partial charge in [0, 0.05) is 15.4 Å². The van der Waals surface area contributed by atoms with Gasteiger partial charge in [0.2, 0.25) is 5.91 Å². The fourth-order valence-electron chi connectivity index (χ4n) is 0.917. The van der Waals surface area contributed by atoms with Crippen LogP contribution >= 0.6 is 27.3 Å². The number of nitrogens with two attached hydrogens (primary N) is 2. The number of carbonyl (C=O) groups is 2. The van der Waals surface area contributed by atoms with E-state index in [-0.39, 0.29) is 6.42 Å². The second kappa shape index (κ2) is 4.43. The number of nitrogens with one attached hydrogen (secondary N) is 1. The van der Waals surface area contributed by atoms with E-state index in [0.717, 1.165) is 4.47 Å². The van der Waals surface area contributed by atoms with Gasteiger partial charge in [0.25, 0.3) is 0 Å². The molecule has 0 bridgehead atoms. The summed E-state index contributed by atoms with van der Waals surface area (Å²) in [6, 6.07) is -0.662. The number of thiophene rings is 1. The lowest BCUT2D eigenvalue weighted by molar-refractivity contribution is -0.117. The Bertz CT molecular complexity index is 377. The molecule has 0 aliphatic carbocycles. The van der Waals surface area contributed by atoms with Crippen LogP contribution in [0.25, 0.3) is 0 Å². The predicted molar refractivity (Wildman–Crippen MR) is 58.1 cm³/mol. The number of urea groups is 1. The zero-order chi connectivity index (χ0) is 10.7. The van der Waals surface area contributed by atoms with Crippen LogP contribution < -0.4 is 16.8 Å². The van der Waals surface area contributed by atoms with E-state index in [9.17, 15) is 9.59 Å². The largest absolute Gasteiger partial charge is 0.369 e. The van der Waals surface area contributed by atoms with Crippen molar-refractivity contribution in [1.29, 1.82) is 0 Å².